The molecule has 2 N–H and O–H groups in total. The normalized spacial score (nSPS) is 10.5. The van der Waals surface area contributed by atoms with Crippen LogP contribution in [0.1, 0.15) is 11.1 Å². The molecule has 0 aromatic heterocycles. The van der Waals surface area contributed by atoms with Crippen LogP contribution in [0.2, 0.25) is 0 Å². The molecule has 0 aliphatic heterocycles. The third-order valence-corrected chi connectivity index (χ3v) is 4.35. The van der Waals surface area contributed by atoms with E-state index in [9.17, 15) is 0 Å². The molecule has 100 valence electrons. The highest BCUT2D eigenvalue weighted by molar-refractivity contribution is 9.10. The Labute approximate surface area is 126 Å². The monoisotopic (exact) mass is 337 g/mol. The molecule has 0 saturated carbocycles. The molecular formula is C15H16BrNOS. The zero-order valence-electron chi connectivity index (χ0n) is 10.7. The fraction of sp³-hybridized carbons (Fsp3) is 0.200. The van der Waals surface area contributed by atoms with E-state index in [0.717, 1.165) is 21.5 Å². The second-order valence-electron chi connectivity index (χ2n) is 4.09. The van der Waals surface area contributed by atoms with Crippen LogP contribution in [0.5, 0.6) is 5.75 Å². The zero-order valence-corrected chi connectivity index (χ0v) is 13.1. The Kier molecular flexibility index (Phi) is 5.31. The van der Waals surface area contributed by atoms with Gasteiger partial charge in [0, 0.05) is 27.2 Å². The highest BCUT2D eigenvalue weighted by Crippen LogP contribution is 2.30. The number of thioether (sulfide) groups is 1. The molecule has 0 spiro atoms. The summed E-state index contributed by atoms with van der Waals surface area (Å²) in [6, 6.07) is 14.4. The van der Waals surface area contributed by atoms with Crippen molar-refractivity contribution >= 4 is 27.7 Å². The van der Waals surface area contributed by atoms with Gasteiger partial charge in [-0.05, 0) is 35.9 Å². The van der Waals surface area contributed by atoms with Gasteiger partial charge in [0.2, 0.25) is 0 Å². The van der Waals surface area contributed by atoms with Gasteiger partial charge in [0.15, 0.2) is 0 Å². The van der Waals surface area contributed by atoms with Crippen LogP contribution in [0.15, 0.2) is 51.8 Å². The van der Waals surface area contributed by atoms with Crippen LogP contribution >= 0.6 is 27.7 Å². The van der Waals surface area contributed by atoms with E-state index in [2.05, 4.69) is 46.3 Å². The average molecular weight is 338 g/mol. The number of benzene rings is 2. The second-order valence-corrected chi connectivity index (χ2v) is 6.06. The van der Waals surface area contributed by atoms with Gasteiger partial charge in [0.05, 0.1) is 7.11 Å². The lowest BCUT2D eigenvalue weighted by Gasteiger charge is -2.09. The molecule has 0 aliphatic rings. The highest BCUT2D eigenvalue weighted by Gasteiger charge is 2.04. The number of nitrogens with two attached hydrogens (primary N) is 1. The summed E-state index contributed by atoms with van der Waals surface area (Å²) < 4.78 is 6.45. The van der Waals surface area contributed by atoms with Crippen LogP contribution < -0.4 is 10.5 Å². The van der Waals surface area contributed by atoms with E-state index in [0.29, 0.717) is 6.54 Å². The molecule has 4 heteroatoms. The first kappa shape index (κ1) is 14.4. The maximum atomic E-state index is 5.59. The summed E-state index contributed by atoms with van der Waals surface area (Å²) >= 11 is 5.28. The molecule has 0 heterocycles. The van der Waals surface area contributed by atoms with Crippen molar-refractivity contribution in [3.8, 4) is 5.75 Å². The van der Waals surface area contributed by atoms with Gasteiger partial charge in [-0.3, -0.25) is 0 Å². The van der Waals surface area contributed by atoms with Crippen molar-refractivity contribution in [2.24, 2.45) is 5.73 Å². The number of halogens is 1. The minimum atomic E-state index is 0.588. The summed E-state index contributed by atoms with van der Waals surface area (Å²) in [5.74, 6) is 1.80. The Morgan fingerprint density at radius 2 is 1.89 bits per heavy atom. The lowest BCUT2D eigenvalue weighted by molar-refractivity contribution is 0.411. The third-order valence-electron chi connectivity index (χ3n) is 2.80. The van der Waals surface area contributed by atoms with Gasteiger partial charge in [-0.2, -0.15) is 0 Å². The number of ether oxygens (including phenoxy) is 1. The Morgan fingerprint density at radius 1 is 1.16 bits per heavy atom. The highest BCUT2D eigenvalue weighted by atomic mass is 79.9. The smallest absolute Gasteiger partial charge is 0.122 e. The molecule has 0 bridgehead atoms. The molecule has 19 heavy (non-hydrogen) atoms. The molecule has 0 unspecified atom stereocenters. The predicted octanol–water partition coefficient (Wildman–Crippen LogP) is 4.21. The van der Waals surface area contributed by atoms with Crippen LogP contribution in [0.3, 0.4) is 0 Å². The molecule has 2 rings (SSSR count). The summed E-state index contributed by atoms with van der Waals surface area (Å²) in [6.07, 6.45) is 0. The Balaban J connectivity index is 2.07. The molecule has 2 nitrogen and oxygen atoms in total. The Bertz CT molecular complexity index is 542. The molecule has 0 radical (unpaired) electrons. The van der Waals surface area contributed by atoms with Gasteiger partial charge in [-0.15, -0.1) is 11.8 Å². The quantitative estimate of drug-likeness (QED) is 0.830. The van der Waals surface area contributed by atoms with Crippen molar-refractivity contribution < 1.29 is 4.74 Å². The van der Waals surface area contributed by atoms with Crippen molar-refractivity contribution in [2.75, 3.05) is 7.11 Å². The summed E-state index contributed by atoms with van der Waals surface area (Å²) in [5.41, 5.74) is 7.93. The molecule has 0 aliphatic carbocycles. The van der Waals surface area contributed by atoms with E-state index in [-0.39, 0.29) is 0 Å². The van der Waals surface area contributed by atoms with Crippen LogP contribution in [-0.4, -0.2) is 7.11 Å². The topological polar surface area (TPSA) is 35.2 Å². The molecule has 0 amide bonds. The van der Waals surface area contributed by atoms with Gasteiger partial charge in [-0.1, -0.05) is 28.1 Å². The number of rotatable bonds is 5. The average Bonchev–Trinajstić information content (AvgIpc) is 2.46. The number of hydrogen-bond donors (Lipinski definition) is 1. The fourth-order valence-electron chi connectivity index (χ4n) is 1.74. The minimum Gasteiger partial charge on any atom is -0.496 e. The summed E-state index contributed by atoms with van der Waals surface area (Å²) in [7, 11) is 1.70. The molecule has 2 aromatic carbocycles. The van der Waals surface area contributed by atoms with E-state index in [1.54, 1.807) is 18.9 Å². The minimum absolute atomic E-state index is 0.588. The maximum Gasteiger partial charge on any atom is 0.122 e. The van der Waals surface area contributed by atoms with Crippen LogP contribution in [0.25, 0.3) is 0 Å². The maximum absolute atomic E-state index is 5.59. The zero-order chi connectivity index (χ0) is 13.7. The van der Waals surface area contributed by atoms with Gasteiger partial charge in [0.25, 0.3) is 0 Å². The van der Waals surface area contributed by atoms with Crippen LogP contribution in [-0.2, 0) is 12.3 Å². The molecule has 0 atom stereocenters. The summed E-state index contributed by atoms with van der Waals surface area (Å²) in [4.78, 5) is 1.24. The predicted molar refractivity (Wildman–Crippen MR) is 84.6 cm³/mol. The molecular weight excluding hydrogens is 322 g/mol. The standard InChI is InChI=1S/C15H16BrNOS/c1-18-15-7-4-13(16)8-12(15)10-19-14-5-2-11(9-17)3-6-14/h2-8H,9-10,17H2,1H3. The lowest BCUT2D eigenvalue weighted by Crippen LogP contribution is -1.95. The van der Waals surface area contributed by atoms with Crippen molar-refractivity contribution in [3.05, 3.63) is 58.1 Å². The third kappa shape index (κ3) is 4.00. The van der Waals surface area contributed by atoms with Gasteiger partial charge < -0.3 is 10.5 Å². The van der Waals surface area contributed by atoms with Crippen molar-refractivity contribution in [3.63, 3.8) is 0 Å². The van der Waals surface area contributed by atoms with Gasteiger partial charge in [-0.25, -0.2) is 0 Å². The van der Waals surface area contributed by atoms with E-state index in [1.165, 1.54) is 10.5 Å². The van der Waals surface area contributed by atoms with Crippen LogP contribution in [0.4, 0.5) is 0 Å². The van der Waals surface area contributed by atoms with Crippen molar-refractivity contribution in [1.29, 1.82) is 0 Å². The molecule has 0 fully saturated rings. The van der Waals surface area contributed by atoms with E-state index >= 15 is 0 Å². The first-order valence-electron chi connectivity index (χ1n) is 5.97. The first-order valence-corrected chi connectivity index (χ1v) is 7.75. The summed E-state index contributed by atoms with van der Waals surface area (Å²) in [5, 5.41) is 0. The van der Waals surface area contributed by atoms with Gasteiger partial charge >= 0.3 is 0 Å². The van der Waals surface area contributed by atoms with E-state index < -0.39 is 0 Å². The molecule has 2 aromatic rings. The SMILES string of the molecule is COc1ccc(Br)cc1CSc1ccc(CN)cc1. The fourth-order valence-corrected chi connectivity index (χ4v) is 3.03. The Morgan fingerprint density at radius 3 is 2.53 bits per heavy atom. The number of hydrogen-bond acceptors (Lipinski definition) is 3. The van der Waals surface area contributed by atoms with E-state index in [1.807, 2.05) is 12.1 Å². The Hall–Kier alpha value is -0.970. The van der Waals surface area contributed by atoms with Gasteiger partial charge in [0.1, 0.15) is 5.75 Å². The second kappa shape index (κ2) is 6.98. The van der Waals surface area contributed by atoms with Crippen LogP contribution in [0, 0.1) is 0 Å². The van der Waals surface area contributed by atoms with E-state index in [4.69, 9.17) is 10.5 Å². The summed E-state index contributed by atoms with van der Waals surface area (Å²) in [6.45, 7) is 0.588. The number of methoxy groups -OCH3 is 1. The first-order chi connectivity index (χ1) is 9.22. The van der Waals surface area contributed by atoms with Crippen molar-refractivity contribution in [2.45, 2.75) is 17.2 Å². The van der Waals surface area contributed by atoms with Crippen molar-refractivity contribution in [1.82, 2.24) is 0 Å². The molecule has 0 saturated heterocycles. The largest absolute Gasteiger partial charge is 0.496 e. The lowest BCUT2D eigenvalue weighted by atomic mass is 10.2.